The summed E-state index contributed by atoms with van der Waals surface area (Å²) in [5, 5.41) is 29.7. The van der Waals surface area contributed by atoms with Crippen molar-refractivity contribution in [3.8, 4) is 0 Å². The molecule has 1 atom stereocenters. The van der Waals surface area contributed by atoms with Gasteiger partial charge in [-0.1, -0.05) is 43.2 Å². The first-order chi connectivity index (χ1) is 8.71. The maximum atomic E-state index is 10.8. The predicted octanol–water partition coefficient (Wildman–Crippen LogP) is 1.68. The van der Waals surface area contributed by atoms with Gasteiger partial charge in [-0.05, 0) is 18.4 Å². The third kappa shape index (κ3) is 2.58. The van der Waals surface area contributed by atoms with E-state index >= 15 is 0 Å². The molecule has 1 aliphatic rings. The lowest BCUT2D eigenvalue weighted by atomic mass is 9.73. The number of hydrogen-bond donors (Lipinski definition) is 3. The van der Waals surface area contributed by atoms with Gasteiger partial charge in [0.25, 0.3) is 0 Å². The van der Waals surface area contributed by atoms with Crippen molar-refractivity contribution in [1.82, 2.24) is 0 Å². The van der Waals surface area contributed by atoms with Gasteiger partial charge in [-0.25, -0.2) is 0 Å². The molecule has 0 bridgehead atoms. The van der Waals surface area contributed by atoms with Gasteiger partial charge in [0.1, 0.15) is 0 Å². The van der Waals surface area contributed by atoms with Crippen LogP contribution >= 0.6 is 0 Å². The lowest BCUT2D eigenvalue weighted by Gasteiger charge is -2.37. The van der Waals surface area contributed by atoms with E-state index in [-0.39, 0.29) is 25.0 Å². The number of benzene rings is 1. The van der Waals surface area contributed by atoms with Crippen LogP contribution in [0.25, 0.3) is 0 Å². The monoisotopic (exact) mass is 250 g/mol. The molecule has 0 amide bonds. The molecule has 1 saturated carbocycles. The van der Waals surface area contributed by atoms with E-state index in [1.54, 1.807) is 0 Å². The van der Waals surface area contributed by atoms with E-state index in [1.165, 1.54) is 0 Å². The largest absolute Gasteiger partial charge is 0.396 e. The molecule has 3 nitrogen and oxygen atoms in total. The molecule has 3 heteroatoms. The summed E-state index contributed by atoms with van der Waals surface area (Å²) >= 11 is 0. The highest BCUT2D eigenvalue weighted by Gasteiger charge is 2.43. The minimum atomic E-state index is -0.780. The highest BCUT2D eigenvalue weighted by molar-refractivity contribution is 5.24. The molecule has 1 aliphatic carbocycles. The Labute approximate surface area is 108 Å². The smallest absolute Gasteiger partial charge is 0.0720 e. The van der Waals surface area contributed by atoms with E-state index in [2.05, 4.69) is 0 Å². The van der Waals surface area contributed by atoms with Crippen molar-refractivity contribution < 1.29 is 15.3 Å². The molecule has 1 aromatic rings. The van der Waals surface area contributed by atoms with Crippen LogP contribution in [0.4, 0.5) is 0 Å². The molecule has 0 radical (unpaired) electrons. The van der Waals surface area contributed by atoms with Crippen molar-refractivity contribution >= 4 is 0 Å². The van der Waals surface area contributed by atoms with Gasteiger partial charge in [0.15, 0.2) is 0 Å². The topological polar surface area (TPSA) is 60.7 Å². The molecule has 2 rings (SSSR count). The average molecular weight is 250 g/mol. The molecule has 1 unspecified atom stereocenters. The fourth-order valence-electron chi connectivity index (χ4n) is 3.25. The molecule has 0 aromatic heterocycles. The zero-order chi connectivity index (χ0) is 13.0. The van der Waals surface area contributed by atoms with Crippen molar-refractivity contribution in [3.05, 3.63) is 35.9 Å². The summed E-state index contributed by atoms with van der Waals surface area (Å²) in [7, 11) is 0. The Hall–Kier alpha value is -0.900. The second-order valence-electron chi connectivity index (χ2n) is 5.32. The van der Waals surface area contributed by atoms with Crippen LogP contribution in [0.1, 0.15) is 37.2 Å². The Bertz CT molecular complexity index is 353. The SMILES string of the molecule is OCC(CO)C(c1ccccc1)C1(O)CCCC1. The van der Waals surface area contributed by atoms with Gasteiger partial charge in [-0.3, -0.25) is 0 Å². The standard InChI is InChI=1S/C15H22O3/c16-10-13(11-17)14(12-6-2-1-3-7-12)15(18)8-4-5-9-15/h1-3,6-7,13-14,16-18H,4-5,8-11H2. The zero-order valence-corrected chi connectivity index (χ0v) is 10.6. The Morgan fingerprint density at radius 2 is 1.56 bits per heavy atom. The molecule has 1 fully saturated rings. The van der Waals surface area contributed by atoms with E-state index in [0.717, 1.165) is 31.2 Å². The second-order valence-corrected chi connectivity index (χ2v) is 5.32. The molecular formula is C15H22O3. The summed E-state index contributed by atoms with van der Waals surface area (Å²) < 4.78 is 0. The van der Waals surface area contributed by atoms with Crippen molar-refractivity contribution in [3.63, 3.8) is 0 Å². The molecule has 1 aromatic carbocycles. The van der Waals surface area contributed by atoms with Gasteiger partial charge < -0.3 is 15.3 Å². The zero-order valence-electron chi connectivity index (χ0n) is 10.6. The molecule has 0 aliphatic heterocycles. The number of aliphatic hydroxyl groups excluding tert-OH is 2. The molecular weight excluding hydrogens is 228 g/mol. The summed E-state index contributed by atoms with van der Waals surface area (Å²) in [5.74, 6) is -0.480. The Morgan fingerprint density at radius 3 is 2.06 bits per heavy atom. The first-order valence-corrected chi connectivity index (χ1v) is 6.70. The van der Waals surface area contributed by atoms with Crippen LogP contribution in [-0.2, 0) is 0 Å². The minimum Gasteiger partial charge on any atom is -0.396 e. The van der Waals surface area contributed by atoms with E-state index in [1.807, 2.05) is 30.3 Å². The van der Waals surface area contributed by atoms with Crippen molar-refractivity contribution in [2.45, 2.75) is 37.2 Å². The van der Waals surface area contributed by atoms with E-state index in [4.69, 9.17) is 0 Å². The van der Waals surface area contributed by atoms with Crippen molar-refractivity contribution in [2.24, 2.45) is 5.92 Å². The second kappa shape index (κ2) is 5.83. The number of rotatable bonds is 5. The Kier molecular flexibility index (Phi) is 4.38. The van der Waals surface area contributed by atoms with Crippen LogP contribution < -0.4 is 0 Å². The molecule has 0 spiro atoms. The fourth-order valence-corrected chi connectivity index (χ4v) is 3.25. The van der Waals surface area contributed by atoms with Crippen LogP contribution in [0.3, 0.4) is 0 Å². The van der Waals surface area contributed by atoms with Gasteiger partial charge in [-0.2, -0.15) is 0 Å². The van der Waals surface area contributed by atoms with Crippen LogP contribution in [0.15, 0.2) is 30.3 Å². The normalized spacial score (nSPS) is 20.2. The summed E-state index contributed by atoms with van der Waals surface area (Å²) in [6, 6.07) is 9.75. The van der Waals surface area contributed by atoms with E-state index in [0.29, 0.717) is 0 Å². The quantitative estimate of drug-likeness (QED) is 0.745. The van der Waals surface area contributed by atoms with Crippen molar-refractivity contribution in [1.29, 1.82) is 0 Å². The highest BCUT2D eigenvalue weighted by Crippen LogP contribution is 2.44. The maximum absolute atomic E-state index is 10.8. The van der Waals surface area contributed by atoms with E-state index < -0.39 is 5.60 Å². The first kappa shape index (κ1) is 13.5. The maximum Gasteiger partial charge on any atom is 0.0720 e. The lowest BCUT2D eigenvalue weighted by molar-refractivity contribution is -0.0238. The number of aliphatic hydroxyl groups is 3. The van der Waals surface area contributed by atoms with E-state index in [9.17, 15) is 15.3 Å². The lowest BCUT2D eigenvalue weighted by Crippen LogP contribution is -2.40. The summed E-state index contributed by atoms with van der Waals surface area (Å²) in [6.45, 7) is -0.198. The molecule has 0 heterocycles. The molecule has 3 N–H and O–H groups in total. The highest BCUT2D eigenvalue weighted by atomic mass is 16.3. The Morgan fingerprint density at radius 1 is 1.00 bits per heavy atom. The molecule has 100 valence electrons. The van der Waals surface area contributed by atoms with Crippen LogP contribution in [0, 0.1) is 5.92 Å². The minimum absolute atomic E-state index is 0.0988. The van der Waals surface area contributed by atoms with Crippen LogP contribution in [-0.4, -0.2) is 34.1 Å². The van der Waals surface area contributed by atoms with Gasteiger partial charge in [0.2, 0.25) is 0 Å². The average Bonchev–Trinajstić information content (AvgIpc) is 2.84. The summed E-state index contributed by atoms with van der Waals surface area (Å²) in [4.78, 5) is 0. The Balaban J connectivity index is 2.34. The van der Waals surface area contributed by atoms with Crippen LogP contribution in [0.5, 0.6) is 0 Å². The van der Waals surface area contributed by atoms with Gasteiger partial charge in [0.05, 0.1) is 5.60 Å². The summed E-state index contributed by atoms with van der Waals surface area (Å²) in [5.41, 5.74) is 0.229. The molecule has 18 heavy (non-hydrogen) atoms. The first-order valence-electron chi connectivity index (χ1n) is 6.70. The summed E-state index contributed by atoms with van der Waals surface area (Å²) in [6.07, 6.45) is 3.54. The van der Waals surface area contributed by atoms with Gasteiger partial charge >= 0.3 is 0 Å². The number of hydrogen-bond acceptors (Lipinski definition) is 3. The third-order valence-corrected chi connectivity index (χ3v) is 4.15. The van der Waals surface area contributed by atoms with Crippen molar-refractivity contribution in [2.75, 3.05) is 13.2 Å². The molecule has 0 saturated heterocycles. The predicted molar refractivity (Wildman–Crippen MR) is 70.3 cm³/mol. The van der Waals surface area contributed by atoms with Gasteiger partial charge in [0, 0.05) is 25.0 Å². The van der Waals surface area contributed by atoms with Gasteiger partial charge in [-0.15, -0.1) is 0 Å². The fraction of sp³-hybridized carbons (Fsp3) is 0.600. The van der Waals surface area contributed by atoms with Crippen LogP contribution in [0.2, 0.25) is 0 Å². The third-order valence-electron chi connectivity index (χ3n) is 4.15.